The number of hydrogen-bond donors (Lipinski definition) is 0. The van der Waals surface area contributed by atoms with Crippen molar-refractivity contribution in [1.29, 1.82) is 0 Å². The van der Waals surface area contributed by atoms with Crippen LogP contribution in [0.1, 0.15) is 23.6 Å². The minimum absolute atomic E-state index is 0.973. The maximum Gasteiger partial charge on any atom is 0.0708 e. The molecule has 2 heteroatoms. The van der Waals surface area contributed by atoms with Crippen LogP contribution < -0.4 is 4.90 Å². The van der Waals surface area contributed by atoms with E-state index in [1.165, 1.54) is 33.5 Å². The van der Waals surface area contributed by atoms with E-state index < -0.39 is 0 Å². The Labute approximate surface area is 143 Å². The van der Waals surface area contributed by atoms with Gasteiger partial charge in [-0.25, -0.2) is 0 Å². The number of fused-ring (bicyclic) bond motifs is 2. The lowest BCUT2D eigenvalue weighted by Crippen LogP contribution is -2.18. The second-order valence-electron chi connectivity index (χ2n) is 6.14. The summed E-state index contributed by atoms with van der Waals surface area (Å²) in [7, 11) is 0. The van der Waals surface area contributed by atoms with Gasteiger partial charge in [0.15, 0.2) is 0 Å². The molecule has 0 amide bonds. The lowest BCUT2D eigenvalue weighted by molar-refractivity contribution is 1.01. The Kier molecular flexibility index (Phi) is 3.66. The van der Waals surface area contributed by atoms with Crippen molar-refractivity contribution in [3.8, 4) is 0 Å². The van der Waals surface area contributed by atoms with E-state index >= 15 is 0 Å². The zero-order chi connectivity index (χ0) is 16.5. The van der Waals surface area contributed by atoms with E-state index in [0.29, 0.717) is 0 Å². The van der Waals surface area contributed by atoms with E-state index in [0.717, 1.165) is 12.2 Å². The van der Waals surface area contributed by atoms with Gasteiger partial charge in [0.05, 0.1) is 5.69 Å². The molecule has 118 valence electrons. The van der Waals surface area contributed by atoms with Gasteiger partial charge in [0, 0.05) is 41.3 Å². The van der Waals surface area contributed by atoms with E-state index in [4.69, 9.17) is 0 Å². The van der Waals surface area contributed by atoms with Crippen LogP contribution in [0.2, 0.25) is 0 Å². The van der Waals surface area contributed by atoms with Crippen molar-refractivity contribution in [3.05, 3.63) is 83.6 Å². The van der Waals surface area contributed by atoms with E-state index in [2.05, 4.69) is 90.6 Å². The highest BCUT2D eigenvalue weighted by atomic mass is 15.1. The summed E-state index contributed by atoms with van der Waals surface area (Å²) in [5, 5.41) is 0. The first-order chi connectivity index (χ1) is 11.8. The molecule has 2 aliphatic rings. The number of anilines is 1. The molecule has 0 N–H and O–H groups in total. The van der Waals surface area contributed by atoms with Crippen LogP contribution in [-0.4, -0.2) is 12.8 Å². The fraction of sp³-hybridized carbons (Fsp3) is 0.136. The summed E-state index contributed by atoms with van der Waals surface area (Å²) in [5.41, 5.74) is 8.49. The molecule has 0 bridgehead atoms. The zero-order valence-corrected chi connectivity index (χ0v) is 14.0. The van der Waals surface area contributed by atoms with Crippen molar-refractivity contribution in [2.24, 2.45) is 4.99 Å². The van der Waals surface area contributed by atoms with Gasteiger partial charge in [-0.05, 0) is 43.7 Å². The highest BCUT2D eigenvalue weighted by molar-refractivity contribution is 6.17. The number of aryl methyl sites for hydroxylation is 1. The van der Waals surface area contributed by atoms with Crippen LogP contribution in [0.4, 0.5) is 11.4 Å². The van der Waals surface area contributed by atoms with Crippen LogP contribution in [0.25, 0.3) is 11.1 Å². The largest absolute Gasteiger partial charge is 0.348 e. The van der Waals surface area contributed by atoms with E-state index in [1.54, 1.807) is 0 Å². The average Bonchev–Trinajstić information content (AvgIpc) is 3.01. The fourth-order valence-corrected chi connectivity index (χ4v) is 3.24. The molecule has 0 aliphatic carbocycles. The number of allylic oxidation sites excluding steroid dienone is 5. The summed E-state index contributed by atoms with van der Waals surface area (Å²) in [6, 6.07) is 15.0. The Bertz CT molecular complexity index is 913. The second kappa shape index (κ2) is 5.97. The normalized spacial score (nSPS) is 18.3. The van der Waals surface area contributed by atoms with E-state index in [1.807, 2.05) is 6.21 Å². The average molecular weight is 312 g/mol. The molecule has 2 aromatic rings. The Morgan fingerprint density at radius 2 is 1.83 bits per heavy atom. The lowest BCUT2D eigenvalue weighted by atomic mass is 9.98. The third-order valence-electron chi connectivity index (χ3n) is 4.55. The maximum atomic E-state index is 4.51. The summed E-state index contributed by atoms with van der Waals surface area (Å²) in [4.78, 5) is 6.78. The Balaban J connectivity index is 1.74. The molecule has 0 unspecified atom stereocenters. The molecule has 0 fully saturated rings. The van der Waals surface area contributed by atoms with Crippen molar-refractivity contribution in [2.75, 3.05) is 11.4 Å². The predicted molar refractivity (Wildman–Crippen MR) is 104 cm³/mol. The van der Waals surface area contributed by atoms with Gasteiger partial charge in [0.25, 0.3) is 0 Å². The molecule has 0 saturated heterocycles. The minimum atomic E-state index is 0.973. The van der Waals surface area contributed by atoms with Crippen LogP contribution in [0.3, 0.4) is 0 Å². The van der Waals surface area contributed by atoms with Gasteiger partial charge in [-0.2, -0.15) is 0 Å². The molecule has 0 saturated carbocycles. The van der Waals surface area contributed by atoms with Crippen molar-refractivity contribution in [1.82, 2.24) is 0 Å². The van der Waals surface area contributed by atoms with Crippen LogP contribution in [0.5, 0.6) is 0 Å². The number of nitrogens with zero attached hydrogens (tertiary/aromatic N) is 2. The third-order valence-corrected chi connectivity index (χ3v) is 4.55. The summed E-state index contributed by atoms with van der Waals surface area (Å²) in [6.07, 6.45) is 10.7. The minimum Gasteiger partial charge on any atom is -0.348 e. The Morgan fingerprint density at radius 3 is 2.71 bits per heavy atom. The molecular weight excluding hydrogens is 292 g/mol. The highest BCUT2D eigenvalue weighted by Crippen LogP contribution is 2.35. The lowest BCUT2D eigenvalue weighted by Gasteiger charge is -2.26. The first-order valence-electron chi connectivity index (χ1n) is 8.37. The van der Waals surface area contributed by atoms with Crippen molar-refractivity contribution in [3.63, 3.8) is 0 Å². The highest BCUT2D eigenvalue weighted by Gasteiger charge is 2.15. The molecular formula is C22H20N2. The number of rotatable bonds is 2. The number of benzene rings is 2. The van der Waals surface area contributed by atoms with Gasteiger partial charge in [0.2, 0.25) is 0 Å². The summed E-state index contributed by atoms with van der Waals surface area (Å²) in [5.74, 6) is 0. The topological polar surface area (TPSA) is 15.6 Å². The van der Waals surface area contributed by atoms with Gasteiger partial charge >= 0.3 is 0 Å². The first kappa shape index (κ1) is 14.7. The molecule has 0 atom stereocenters. The van der Waals surface area contributed by atoms with Crippen LogP contribution in [-0.2, 0) is 0 Å². The molecule has 0 radical (unpaired) electrons. The van der Waals surface area contributed by atoms with Gasteiger partial charge < -0.3 is 4.90 Å². The van der Waals surface area contributed by atoms with Gasteiger partial charge in [-0.3, -0.25) is 4.99 Å². The second-order valence-corrected chi connectivity index (χ2v) is 6.14. The molecule has 2 aliphatic heterocycles. The van der Waals surface area contributed by atoms with Crippen molar-refractivity contribution < 1.29 is 0 Å². The number of hydrogen-bond acceptors (Lipinski definition) is 2. The number of aliphatic imine (C=N–C) groups is 1. The van der Waals surface area contributed by atoms with Gasteiger partial charge in [-0.1, -0.05) is 42.0 Å². The molecule has 4 rings (SSSR count). The SMILES string of the molecule is CCN1C=C/C(=C/C=C2\C=Nc3ccc(C)cc32)c2ccccc21. The molecule has 0 aromatic heterocycles. The summed E-state index contributed by atoms with van der Waals surface area (Å²) < 4.78 is 0. The molecule has 0 spiro atoms. The summed E-state index contributed by atoms with van der Waals surface area (Å²) >= 11 is 0. The van der Waals surface area contributed by atoms with E-state index in [-0.39, 0.29) is 0 Å². The maximum absolute atomic E-state index is 4.51. The van der Waals surface area contributed by atoms with Gasteiger partial charge in [-0.15, -0.1) is 0 Å². The molecule has 2 nitrogen and oxygen atoms in total. The van der Waals surface area contributed by atoms with Crippen molar-refractivity contribution in [2.45, 2.75) is 13.8 Å². The smallest absolute Gasteiger partial charge is 0.0708 e. The standard InChI is InChI=1S/C22H20N2/c1-3-24-13-12-17(19-6-4-5-7-22(19)24)9-10-18-15-23-21-11-8-16(2)14-20(18)21/h4-15H,3H2,1-2H3/b17-9-,18-10+. The third kappa shape index (κ3) is 2.50. The number of para-hydroxylation sites is 1. The Morgan fingerprint density at radius 1 is 1.00 bits per heavy atom. The summed E-state index contributed by atoms with van der Waals surface area (Å²) in [6.45, 7) is 5.27. The molecule has 2 aromatic carbocycles. The molecule has 2 heterocycles. The first-order valence-corrected chi connectivity index (χ1v) is 8.37. The zero-order valence-electron chi connectivity index (χ0n) is 14.0. The monoisotopic (exact) mass is 312 g/mol. The molecule has 24 heavy (non-hydrogen) atoms. The van der Waals surface area contributed by atoms with E-state index in [9.17, 15) is 0 Å². The predicted octanol–water partition coefficient (Wildman–Crippen LogP) is 5.53. The van der Waals surface area contributed by atoms with Crippen LogP contribution in [0, 0.1) is 6.92 Å². The Hall–Kier alpha value is -2.87. The van der Waals surface area contributed by atoms with Crippen molar-refractivity contribution >= 4 is 28.7 Å². The quantitative estimate of drug-likeness (QED) is 0.711. The van der Waals surface area contributed by atoms with Crippen LogP contribution in [0.15, 0.2) is 71.9 Å². The fourth-order valence-electron chi connectivity index (χ4n) is 3.24. The van der Waals surface area contributed by atoms with Crippen LogP contribution >= 0.6 is 0 Å². The van der Waals surface area contributed by atoms with Gasteiger partial charge in [0.1, 0.15) is 0 Å².